The third kappa shape index (κ3) is 4.00. The van der Waals surface area contributed by atoms with E-state index in [-0.39, 0.29) is 0 Å². The lowest BCUT2D eigenvalue weighted by Gasteiger charge is -2.37. The van der Waals surface area contributed by atoms with E-state index in [0.717, 1.165) is 17.2 Å². The van der Waals surface area contributed by atoms with Crippen molar-refractivity contribution in [3.63, 3.8) is 0 Å². The maximum absolute atomic E-state index is 5.66. The average molecular weight is 236 g/mol. The van der Waals surface area contributed by atoms with Crippen molar-refractivity contribution in [2.24, 2.45) is 0 Å². The van der Waals surface area contributed by atoms with Gasteiger partial charge in [-0.2, -0.15) is 11.8 Å². The fourth-order valence-corrected chi connectivity index (χ4v) is 3.25. The Kier molecular flexibility index (Phi) is 6.31. The summed E-state index contributed by atoms with van der Waals surface area (Å²) in [5.74, 6) is 2.13. The van der Waals surface area contributed by atoms with Gasteiger partial charge in [0.25, 0.3) is 0 Å². The van der Waals surface area contributed by atoms with E-state index in [0.29, 0.717) is 0 Å². The minimum absolute atomic E-state index is 0.754. The van der Waals surface area contributed by atoms with Crippen molar-refractivity contribution in [3.8, 4) is 0 Å². The minimum Gasteiger partial charge on any atom is -0.299 e. The van der Waals surface area contributed by atoms with E-state index in [9.17, 15) is 0 Å². The Labute approximate surface area is 97.6 Å². The number of alkyl halides is 1. The molecule has 1 heterocycles. The molecule has 1 nitrogen and oxygen atoms in total. The summed E-state index contributed by atoms with van der Waals surface area (Å²) < 4.78 is 0. The molecule has 2 atom stereocenters. The van der Waals surface area contributed by atoms with Gasteiger partial charge in [-0.3, -0.25) is 4.90 Å². The molecule has 14 heavy (non-hydrogen) atoms. The molecule has 2 unspecified atom stereocenters. The van der Waals surface area contributed by atoms with Crippen molar-refractivity contribution in [1.29, 1.82) is 0 Å². The highest BCUT2D eigenvalue weighted by atomic mass is 35.5. The molecule has 0 spiro atoms. The molecule has 1 fully saturated rings. The summed E-state index contributed by atoms with van der Waals surface area (Å²) in [5.41, 5.74) is 0. The van der Waals surface area contributed by atoms with Gasteiger partial charge in [0.2, 0.25) is 0 Å². The molecule has 1 saturated heterocycles. The second-order valence-electron chi connectivity index (χ2n) is 4.10. The first-order valence-corrected chi connectivity index (χ1v) is 7.25. The Bertz CT molecular complexity index is 154. The van der Waals surface area contributed by atoms with E-state index in [1.165, 1.54) is 38.1 Å². The molecule has 0 aromatic heterocycles. The van der Waals surface area contributed by atoms with Gasteiger partial charge in [-0.15, -0.1) is 11.6 Å². The lowest BCUT2D eigenvalue weighted by molar-refractivity contribution is 0.209. The highest BCUT2D eigenvalue weighted by Crippen LogP contribution is 2.24. The Balaban J connectivity index is 2.15. The zero-order valence-electron chi connectivity index (χ0n) is 9.34. The van der Waals surface area contributed by atoms with Crippen molar-refractivity contribution < 1.29 is 0 Å². The molecule has 0 amide bonds. The molecule has 1 rings (SSSR count). The molecule has 0 saturated carbocycles. The summed E-state index contributed by atoms with van der Waals surface area (Å²) in [6, 6.07) is 0.754. The summed E-state index contributed by atoms with van der Waals surface area (Å²) in [7, 11) is 0. The highest BCUT2D eigenvalue weighted by molar-refractivity contribution is 8.00. The molecule has 0 N–H and O–H groups in total. The molecule has 0 radical (unpaired) electrons. The largest absolute Gasteiger partial charge is 0.299 e. The zero-order chi connectivity index (χ0) is 10.4. The third-order valence-electron chi connectivity index (χ3n) is 3.09. The predicted octanol–water partition coefficient (Wildman–Crippen LogP) is 3.22. The van der Waals surface area contributed by atoms with E-state index in [1.807, 2.05) is 0 Å². The van der Waals surface area contributed by atoms with E-state index in [2.05, 4.69) is 30.5 Å². The van der Waals surface area contributed by atoms with E-state index in [1.54, 1.807) is 0 Å². The fraction of sp³-hybridized carbons (Fsp3) is 1.00. The number of hydrogen-bond donors (Lipinski definition) is 0. The molecular weight excluding hydrogens is 214 g/mol. The summed E-state index contributed by atoms with van der Waals surface area (Å²) in [5, 5.41) is 0.803. The Morgan fingerprint density at radius 1 is 1.29 bits per heavy atom. The summed E-state index contributed by atoms with van der Waals surface area (Å²) >= 11 is 7.77. The quantitative estimate of drug-likeness (QED) is 0.532. The predicted molar refractivity (Wildman–Crippen MR) is 67.5 cm³/mol. The summed E-state index contributed by atoms with van der Waals surface area (Å²) in [6.07, 6.45) is 3.77. The molecule has 0 bridgehead atoms. The van der Waals surface area contributed by atoms with Gasteiger partial charge in [0, 0.05) is 29.5 Å². The minimum atomic E-state index is 0.754. The van der Waals surface area contributed by atoms with Crippen LogP contribution in [0.1, 0.15) is 33.1 Å². The first kappa shape index (κ1) is 12.7. The van der Waals surface area contributed by atoms with Crippen LogP contribution in [-0.4, -0.2) is 40.9 Å². The molecule has 3 heteroatoms. The van der Waals surface area contributed by atoms with Crippen molar-refractivity contribution >= 4 is 23.4 Å². The van der Waals surface area contributed by atoms with E-state index < -0.39 is 0 Å². The lowest BCUT2D eigenvalue weighted by Crippen LogP contribution is -2.44. The Morgan fingerprint density at radius 2 is 2.07 bits per heavy atom. The maximum Gasteiger partial charge on any atom is 0.0223 e. The van der Waals surface area contributed by atoms with Gasteiger partial charge < -0.3 is 0 Å². The van der Waals surface area contributed by atoms with E-state index >= 15 is 0 Å². The number of nitrogens with zero attached hydrogens (tertiary/aromatic N) is 1. The van der Waals surface area contributed by atoms with E-state index in [4.69, 9.17) is 11.6 Å². The van der Waals surface area contributed by atoms with Gasteiger partial charge >= 0.3 is 0 Å². The van der Waals surface area contributed by atoms with Crippen LogP contribution in [0.4, 0.5) is 0 Å². The lowest BCUT2D eigenvalue weighted by atomic mass is 10.1. The first-order valence-electron chi connectivity index (χ1n) is 5.67. The van der Waals surface area contributed by atoms with Crippen LogP contribution >= 0.6 is 23.4 Å². The Morgan fingerprint density at radius 3 is 2.79 bits per heavy atom. The van der Waals surface area contributed by atoms with Crippen molar-refractivity contribution in [2.75, 3.05) is 24.7 Å². The topological polar surface area (TPSA) is 3.24 Å². The fourth-order valence-electron chi connectivity index (χ4n) is 1.90. The third-order valence-corrected chi connectivity index (χ3v) is 4.70. The van der Waals surface area contributed by atoms with Gasteiger partial charge in [0.05, 0.1) is 0 Å². The van der Waals surface area contributed by atoms with Crippen molar-refractivity contribution in [3.05, 3.63) is 0 Å². The second-order valence-corrected chi connectivity index (χ2v) is 5.97. The van der Waals surface area contributed by atoms with Gasteiger partial charge in [-0.05, 0) is 26.3 Å². The second kappa shape index (κ2) is 6.97. The van der Waals surface area contributed by atoms with Gasteiger partial charge in [0.15, 0.2) is 0 Å². The van der Waals surface area contributed by atoms with Crippen molar-refractivity contribution in [1.82, 2.24) is 4.90 Å². The molecule has 0 aromatic carbocycles. The van der Waals surface area contributed by atoms with Gasteiger partial charge in [0.1, 0.15) is 0 Å². The van der Waals surface area contributed by atoms with Gasteiger partial charge in [-0.25, -0.2) is 0 Å². The number of unbranched alkanes of at least 4 members (excludes halogenated alkanes) is 2. The monoisotopic (exact) mass is 235 g/mol. The number of hydrogen-bond acceptors (Lipinski definition) is 2. The van der Waals surface area contributed by atoms with Crippen LogP contribution < -0.4 is 0 Å². The number of rotatable bonds is 5. The van der Waals surface area contributed by atoms with Crippen molar-refractivity contribution in [2.45, 2.75) is 44.4 Å². The summed E-state index contributed by atoms with van der Waals surface area (Å²) in [4.78, 5) is 2.63. The zero-order valence-corrected chi connectivity index (χ0v) is 10.9. The number of halogens is 1. The number of thioether (sulfide) groups is 1. The molecule has 1 aliphatic rings. The SMILES string of the molecule is CC1SCCN(CCCCCCl)C1C. The molecule has 84 valence electrons. The molecule has 0 aromatic rings. The van der Waals surface area contributed by atoms with Gasteiger partial charge in [-0.1, -0.05) is 13.3 Å². The van der Waals surface area contributed by atoms with Crippen LogP contribution in [0.25, 0.3) is 0 Å². The van der Waals surface area contributed by atoms with Crippen LogP contribution in [0, 0.1) is 0 Å². The maximum atomic E-state index is 5.66. The smallest absolute Gasteiger partial charge is 0.0223 e. The highest BCUT2D eigenvalue weighted by Gasteiger charge is 2.24. The van der Waals surface area contributed by atoms with Crippen LogP contribution in [-0.2, 0) is 0 Å². The Hall–Kier alpha value is 0.600. The molecule has 0 aliphatic carbocycles. The molecule has 1 aliphatic heterocycles. The standard InChI is InChI=1S/C11H22ClNS/c1-10-11(2)14-9-8-13(10)7-5-3-4-6-12/h10-11H,3-9H2,1-2H3. The average Bonchev–Trinajstić information content (AvgIpc) is 2.19. The van der Waals surface area contributed by atoms with Crippen LogP contribution in [0.2, 0.25) is 0 Å². The normalized spacial score (nSPS) is 29.4. The van der Waals surface area contributed by atoms with Crippen LogP contribution in [0.5, 0.6) is 0 Å². The summed E-state index contributed by atoms with van der Waals surface area (Å²) in [6.45, 7) is 7.25. The first-order chi connectivity index (χ1) is 6.75. The van der Waals surface area contributed by atoms with Crippen LogP contribution in [0.15, 0.2) is 0 Å². The van der Waals surface area contributed by atoms with Crippen LogP contribution in [0.3, 0.4) is 0 Å². The molecular formula is C11H22ClNS.